The lowest BCUT2D eigenvalue weighted by Gasteiger charge is -2.33. The Bertz CT molecular complexity index is 660. The fourth-order valence-corrected chi connectivity index (χ4v) is 3.91. The summed E-state index contributed by atoms with van der Waals surface area (Å²) in [4.78, 5) is 17.8. The van der Waals surface area contributed by atoms with Crippen molar-refractivity contribution in [2.75, 3.05) is 32.7 Å². The van der Waals surface area contributed by atoms with Gasteiger partial charge in [0.05, 0.1) is 12.9 Å². The highest BCUT2D eigenvalue weighted by molar-refractivity contribution is 7.89. The highest BCUT2D eigenvalue weighted by Crippen LogP contribution is 2.17. The van der Waals surface area contributed by atoms with Gasteiger partial charge in [0.2, 0.25) is 5.91 Å². The van der Waals surface area contributed by atoms with Gasteiger partial charge in [-0.2, -0.15) is 4.31 Å². The van der Waals surface area contributed by atoms with Crippen molar-refractivity contribution in [2.45, 2.75) is 44.8 Å². The number of rotatable bonds is 6. The maximum absolute atomic E-state index is 12.6. The molecule has 0 unspecified atom stereocenters. The van der Waals surface area contributed by atoms with Crippen LogP contribution in [0.3, 0.4) is 0 Å². The van der Waals surface area contributed by atoms with Gasteiger partial charge in [0.1, 0.15) is 0 Å². The van der Waals surface area contributed by atoms with Gasteiger partial charge in [-0.05, 0) is 27.7 Å². The number of hydrogen-bond acceptors (Lipinski definition) is 5. The molecule has 1 aromatic rings. The molecule has 1 aromatic heterocycles. The third-order valence-corrected chi connectivity index (χ3v) is 5.71. The maximum Gasteiger partial charge on any atom is 0.262 e. The number of nitrogens with one attached hydrogen (secondary N) is 1. The Hall–Kier alpha value is -1.45. The largest absolute Gasteiger partial charge is 0.353 e. The normalized spacial score (nSPS) is 17.6. The van der Waals surface area contributed by atoms with E-state index in [2.05, 4.69) is 10.3 Å². The Morgan fingerprint density at radius 3 is 2.33 bits per heavy atom. The van der Waals surface area contributed by atoms with Gasteiger partial charge in [0.25, 0.3) is 10.0 Å². The standard InChI is InChI=1S/C15H27N5O3S/c1-12(2)17-14(21)9-18-5-7-20(8-6-18)24(22,23)15-10-19(11-16-15)13(3)4/h10-13H,5-9H2,1-4H3,(H,17,21). The average molecular weight is 357 g/mol. The summed E-state index contributed by atoms with van der Waals surface area (Å²) in [5.74, 6) is -0.0306. The van der Waals surface area contributed by atoms with Crippen LogP contribution >= 0.6 is 0 Å². The van der Waals surface area contributed by atoms with E-state index in [0.717, 1.165) is 0 Å². The lowest BCUT2D eigenvalue weighted by atomic mass is 10.3. The van der Waals surface area contributed by atoms with Gasteiger partial charge in [0, 0.05) is 44.5 Å². The van der Waals surface area contributed by atoms with Gasteiger partial charge in [-0.15, -0.1) is 0 Å². The Kier molecular flexibility index (Phi) is 6.00. The highest BCUT2D eigenvalue weighted by Gasteiger charge is 2.30. The molecule has 0 atom stereocenters. The minimum Gasteiger partial charge on any atom is -0.353 e. The number of nitrogens with zero attached hydrogens (tertiary/aromatic N) is 4. The molecule has 0 aromatic carbocycles. The molecule has 1 fully saturated rings. The molecule has 24 heavy (non-hydrogen) atoms. The minimum absolute atomic E-state index is 0.0306. The van der Waals surface area contributed by atoms with E-state index in [9.17, 15) is 13.2 Å². The van der Waals surface area contributed by atoms with Crippen molar-refractivity contribution < 1.29 is 13.2 Å². The van der Waals surface area contributed by atoms with E-state index in [1.165, 1.54) is 4.31 Å². The van der Waals surface area contributed by atoms with Crippen LogP contribution in [0.4, 0.5) is 0 Å². The van der Waals surface area contributed by atoms with Crippen LogP contribution in [0, 0.1) is 0 Å². The average Bonchev–Trinajstić information content (AvgIpc) is 2.97. The van der Waals surface area contributed by atoms with Crippen LogP contribution in [0.25, 0.3) is 0 Å². The second kappa shape index (κ2) is 7.62. The van der Waals surface area contributed by atoms with Crippen molar-refractivity contribution in [2.24, 2.45) is 0 Å². The predicted octanol–water partition coefficient (Wildman–Crippen LogP) is 0.295. The Balaban J connectivity index is 1.94. The molecule has 0 saturated carbocycles. The van der Waals surface area contributed by atoms with Crippen LogP contribution < -0.4 is 5.32 Å². The van der Waals surface area contributed by atoms with E-state index < -0.39 is 10.0 Å². The van der Waals surface area contributed by atoms with E-state index in [1.807, 2.05) is 32.6 Å². The molecule has 1 aliphatic heterocycles. The van der Waals surface area contributed by atoms with Crippen molar-refractivity contribution in [3.63, 3.8) is 0 Å². The zero-order valence-electron chi connectivity index (χ0n) is 14.8. The summed E-state index contributed by atoms with van der Waals surface area (Å²) in [6.45, 7) is 9.88. The molecule has 0 aliphatic carbocycles. The molecule has 0 spiro atoms. The fourth-order valence-electron chi connectivity index (χ4n) is 2.56. The highest BCUT2D eigenvalue weighted by atomic mass is 32.2. The SMILES string of the molecule is CC(C)NC(=O)CN1CCN(S(=O)(=O)c2cn(C(C)C)cn2)CC1. The van der Waals surface area contributed by atoms with Crippen molar-refractivity contribution in [1.29, 1.82) is 0 Å². The number of aromatic nitrogens is 2. The van der Waals surface area contributed by atoms with Crippen LogP contribution in [-0.2, 0) is 14.8 Å². The van der Waals surface area contributed by atoms with Crippen LogP contribution in [0.15, 0.2) is 17.6 Å². The lowest BCUT2D eigenvalue weighted by molar-refractivity contribution is -0.123. The molecule has 1 amide bonds. The van der Waals surface area contributed by atoms with E-state index in [4.69, 9.17) is 0 Å². The van der Waals surface area contributed by atoms with E-state index in [-0.39, 0.29) is 23.0 Å². The summed E-state index contributed by atoms with van der Waals surface area (Å²) < 4.78 is 28.5. The van der Waals surface area contributed by atoms with E-state index in [0.29, 0.717) is 32.7 Å². The number of imidazole rings is 1. The van der Waals surface area contributed by atoms with Crippen molar-refractivity contribution >= 4 is 15.9 Å². The molecular formula is C15H27N5O3S. The molecule has 2 rings (SSSR count). The molecule has 0 bridgehead atoms. The Labute approximate surface area is 143 Å². The van der Waals surface area contributed by atoms with Crippen molar-refractivity contribution in [1.82, 2.24) is 24.1 Å². The number of piperazine rings is 1. The second-order valence-electron chi connectivity index (χ2n) is 6.66. The molecule has 8 nitrogen and oxygen atoms in total. The zero-order chi connectivity index (χ0) is 17.9. The number of carbonyl (C=O) groups is 1. The van der Waals surface area contributed by atoms with Crippen LogP contribution in [-0.4, -0.2) is 71.8 Å². The number of amides is 1. The summed E-state index contributed by atoms with van der Waals surface area (Å²) in [6, 6.07) is 0.271. The number of carbonyl (C=O) groups excluding carboxylic acids is 1. The predicted molar refractivity (Wildman–Crippen MR) is 91.1 cm³/mol. The van der Waals surface area contributed by atoms with Crippen LogP contribution in [0.2, 0.25) is 0 Å². The molecule has 0 radical (unpaired) electrons. The first-order valence-corrected chi connectivity index (χ1v) is 9.69. The topological polar surface area (TPSA) is 87.5 Å². The van der Waals surface area contributed by atoms with Crippen LogP contribution in [0.5, 0.6) is 0 Å². The molecule has 1 saturated heterocycles. The molecule has 2 heterocycles. The summed E-state index contributed by atoms with van der Waals surface area (Å²) in [6.07, 6.45) is 3.12. The monoisotopic (exact) mass is 357 g/mol. The van der Waals surface area contributed by atoms with Gasteiger partial charge < -0.3 is 9.88 Å². The summed E-state index contributed by atoms with van der Waals surface area (Å²) in [5, 5.41) is 2.93. The lowest BCUT2D eigenvalue weighted by Crippen LogP contribution is -2.51. The zero-order valence-corrected chi connectivity index (χ0v) is 15.6. The van der Waals surface area contributed by atoms with Crippen molar-refractivity contribution in [3.05, 3.63) is 12.5 Å². The smallest absolute Gasteiger partial charge is 0.262 e. The van der Waals surface area contributed by atoms with Gasteiger partial charge in [0.15, 0.2) is 5.03 Å². The van der Waals surface area contributed by atoms with Gasteiger partial charge in [-0.25, -0.2) is 13.4 Å². The van der Waals surface area contributed by atoms with Gasteiger partial charge in [-0.1, -0.05) is 0 Å². The quantitative estimate of drug-likeness (QED) is 0.791. The first kappa shape index (κ1) is 18.9. The summed E-state index contributed by atoms with van der Waals surface area (Å²) in [7, 11) is -3.57. The third kappa shape index (κ3) is 4.55. The second-order valence-corrected chi connectivity index (χ2v) is 8.54. The number of sulfonamides is 1. The Morgan fingerprint density at radius 1 is 1.21 bits per heavy atom. The first-order chi connectivity index (χ1) is 11.2. The van der Waals surface area contributed by atoms with Crippen LogP contribution in [0.1, 0.15) is 33.7 Å². The summed E-state index contributed by atoms with van der Waals surface area (Å²) in [5.41, 5.74) is 0. The number of hydrogen-bond donors (Lipinski definition) is 1. The van der Waals surface area contributed by atoms with Crippen molar-refractivity contribution in [3.8, 4) is 0 Å². The first-order valence-electron chi connectivity index (χ1n) is 8.25. The fraction of sp³-hybridized carbons (Fsp3) is 0.733. The van der Waals surface area contributed by atoms with E-state index in [1.54, 1.807) is 17.1 Å². The molecule has 1 aliphatic rings. The molecule has 136 valence electrons. The van der Waals surface area contributed by atoms with Gasteiger partial charge in [-0.3, -0.25) is 9.69 Å². The van der Waals surface area contributed by atoms with Gasteiger partial charge >= 0.3 is 0 Å². The molecular weight excluding hydrogens is 330 g/mol. The molecule has 1 N–H and O–H groups in total. The van der Waals surface area contributed by atoms with E-state index >= 15 is 0 Å². The minimum atomic E-state index is -3.57. The maximum atomic E-state index is 12.6. The molecule has 9 heteroatoms. The Morgan fingerprint density at radius 2 is 1.83 bits per heavy atom. The summed E-state index contributed by atoms with van der Waals surface area (Å²) >= 11 is 0. The third-order valence-electron chi connectivity index (χ3n) is 3.93.